The van der Waals surface area contributed by atoms with Crippen molar-refractivity contribution in [3.05, 3.63) is 29.8 Å². The lowest BCUT2D eigenvalue weighted by Gasteiger charge is -2.22. The summed E-state index contributed by atoms with van der Waals surface area (Å²) < 4.78 is 5.34. The summed E-state index contributed by atoms with van der Waals surface area (Å²) in [7, 11) is 0. The lowest BCUT2D eigenvalue weighted by Crippen LogP contribution is -2.22. The Kier molecular flexibility index (Phi) is 5.20. The maximum absolute atomic E-state index is 9.80. The van der Waals surface area contributed by atoms with Gasteiger partial charge in [-0.3, -0.25) is 0 Å². The smallest absolute Gasteiger partial charge is 0.0920 e. The molecule has 2 rings (SSSR count). The van der Waals surface area contributed by atoms with Gasteiger partial charge >= 0.3 is 0 Å². The Morgan fingerprint density at radius 3 is 2.95 bits per heavy atom. The van der Waals surface area contributed by atoms with Crippen molar-refractivity contribution in [1.29, 1.82) is 5.26 Å². The minimum atomic E-state index is -0.699. The second-order valence-corrected chi connectivity index (χ2v) is 4.94. The van der Waals surface area contributed by atoms with Crippen LogP contribution in [0.3, 0.4) is 0 Å². The van der Waals surface area contributed by atoms with Crippen molar-refractivity contribution in [2.45, 2.75) is 25.4 Å². The van der Waals surface area contributed by atoms with Gasteiger partial charge in [0.2, 0.25) is 0 Å². The predicted octanol–water partition coefficient (Wildman–Crippen LogP) is 2.47. The van der Waals surface area contributed by atoms with Gasteiger partial charge in [0.05, 0.1) is 18.6 Å². The summed E-state index contributed by atoms with van der Waals surface area (Å²) in [5, 5.41) is 21.8. The van der Waals surface area contributed by atoms with E-state index in [1.54, 1.807) is 0 Å². The highest BCUT2D eigenvalue weighted by Crippen LogP contribution is 2.21. The molecule has 1 aromatic rings. The van der Waals surface area contributed by atoms with E-state index in [9.17, 15) is 5.11 Å². The summed E-state index contributed by atoms with van der Waals surface area (Å²) in [5.41, 5.74) is 1.79. The first kappa shape index (κ1) is 13.9. The molecule has 0 aromatic heterocycles. The Bertz CT molecular complexity index is 436. The van der Waals surface area contributed by atoms with Gasteiger partial charge in [0, 0.05) is 25.4 Å². The van der Waals surface area contributed by atoms with Crippen LogP contribution in [0.2, 0.25) is 0 Å². The number of nitriles is 1. The molecule has 1 saturated heterocycles. The summed E-state index contributed by atoms with van der Waals surface area (Å²) >= 11 is 0. The van der Waals surface area contributed by atoms with Gasteiger partial charge in [-0.25, -0.2) is 0 Å². The molecule has 0 amide bonds. The monoisotopic (exact) mass is 260 g/mol. The molecule has 4 heteroatoms. The van der Waals surface area contributed by atoms with Gasteiger partial charge in [-0.1, -0.05) is 12.1 Å². The normalized spacial score (nSPS) is 17.7. The average molecular weight is 260 g/mol. The molecule has 1 atom stereocenters. The molecular formula is C15H20N2O2. The largest absolute Gasteiger partial charge is 0.387 e. The number of hydrogen-bond acceptors (Lipinski definition) is 4. The van der Waals surface area contributed by atoms with Crippen molar-refractivity contribution in [1.82, 2.24) is 0 Å². The molecule has 1 heterocycles. The molecule has 1 fully saturated rings. The van der Waals surface area contributed by atoms with Gasteiger partial charge in [0.25, 0.3) is 0 Å². The summed E-state index contributed by atoms with van der Waals surface area (Å²) in [5.74, 6) is 0.654. The first-order valence-electron chi connectivity index (χ1n) is 6.76. The maximum Gasteiger partial charge on any atom is 0.0920 e. The quantitative estimate of drug-likeness (QED) is 0.853. The van der Waals surface area contributed by atoms with Crippen LogP contribution in [0.1, 0.15) is 30.9 Å². The first-order valence-corrected chi connectivity index (χ1v) is 6.76. The zero-order valence-corrected chi connectivity index (χ0v) is 11.0. The number of nitrogens with zero attached hydrogens (tertiary/aromatic N) is 1. The molecule has 0 radical (unpaired) electrons. The van der Waals surface area contributed by atoms with Crippen LogP contribution in [0.15, 0.2) is 24.3 Å². The maximum atomic E-state index is 9.80. The molecule has 4 nitrogen and oxygen atoms in total. The number of benzene rings is 1. The summed E-state index contributed by atoms with van der Waals surface area (Å²) in [4.78, 5) is 0. The third kappa shape index (κ3) is 4.23. The van der Waals surface area contributed by atoms with Crippen molar-refractivity contribution >= 4 is 5.69 Å². The fourth-order valence-corrected chi connectivity index (χ4v) is 2.27. The number of anilines is 1. The fourth-order valence-electron chi connectivity index (χ4n) is 2.27. The van der Waals surface area contributed by atoms with E-state index in [0.29, 0.717) is 5.92 Å². The van der Waals surface area contributed by atoms with Crippen molar-refractivity contribution in [2.24, 2.45) is 5.92 Å². The lowest BCUT2D eigenvalue weighted by molar-refractivity contribution is 0.0699. The minimum absolute atomic E-state index is 0.128. The van der Waals surface area contributed by atoms with Crippen molar-refractivity contribution < 1.29 is 9.84 Å². The third-order valence-corrected chi connectivity index (χ3v) is 3.49. The number of nitrogens with one attached hydrogen (secondary N) is 1. The van der Waals surface area contributed by atoms with Crippen LogP contribution in [-0.2, 0) is 4.74 Å². The highest BCUT2D eigenvalue weighted by Gasteiger charge is 2.13. The van der Waals surface area contributed by atoms with E-state index in [-0.39, 0.29) is 6.42 Å². The van der Waals surface area contributed by atoms with Crippen LogP contribution >= 0.6 is 0 Å². The van der Waals surface area contributed by atoms with Crippen LogP contribution in [0.5, 0.6) is 0 Å². The molecule has 0 aliphatic carbocycles. The summed E-state index contributed by atoms with van der Waals surface area (Å²) in [6, 6.07) is 9.64. The summed E-state index contributed by atoms with van der Waals surface area (Å²) in [6.45, 7) is 2.64. The number of hydrogen-bond donors (Lipinski definition) is 2. The molecule has 19 heavy (non-hydrogen) atoms. The first-order chi connectivity index (χ1) is 9.29. The Morgan fingerprint density at radius 2 is 2.21 bits per heavy atom. The molecule has 1 aliphatic rings. The molecule has 2 N–H and O–H groups in total. The Hall–Kier alpha value is -1.57. The van der Waals surface area contributed by atoms with Crippen molar-refractivity contribution in [2.75, 3.05) is 25.1 Å². The van der Waals surface area contributed by atoms with Gasteiger partial charge in [-0.15, -0.1) is 0 Å². The molecule has 1 aliphatic heterocycles. The van der Waals surface area contributed by atoms with Crippen molar-refractivity contribution in [3.63, 3.8) is 0 Å². The second-order valence-electron chi connectivity index (χ2n) is 4.94. The van der Waals surface area contributed by atoms with Gasteiger partial charge < -0.3 is 15.2 Å². The number of rotatable bonds is 5. The standard InChI is InChI=1S/C15H20N2O2/c16-7-4-15(18)13-2-1-3-14(10-13)17-11-12-5-8-19-9-6-12/h1-3,10,12,15,17-18H,4-6,8-9,11H2/t15-/m1/s1. The fraction of sp³-hybridized carbons (Fsp3) is 0.533. The minimum Gasteiger partial charge on any atom is -0.387 e. The van der Waals surface area contributed by atoms with E-state index in [0.717, 1.165) is 43.9 Å². The van der Waals surface area contributed by atoms with Gasteiger partial charge in [-0.05, 0) is 36.5 Å². The molecular weight excluding hydrogens is 240 g/mol. The zero-order chi connectivity index (χ0) is 13.5. The van der Waals surface area contributed by atoms with E-state index < -0.39 is 6.10 Å². The topological polar surface area (TPSA) is 65.3 Å². The van der Waals surface area contributed by atoms with Gasteiger partial charge in [-0.2, -0.15) is 5.26 Å². The molecule has 1 aromatic carbocycles. The van der Waals surface area contributed by atoms with Crippen LogP contribution < -0.4 is 5.32 Å². The van der Waals surface area contributed by atoms with E-state index in [2.05, 4.69) is 5.32 Å². The van der Waals surface area contributed by atoms with E-state index >= 15 is 0 Å². The molecule has 102 valence electrons. The van der Waals surface area contributed by atoms with Gasteiger partial charge in [0.1, 0.15) is 0 Å². The molecule has 0 saturated carbocycles. The molecule has 0 spiro atoms. The highest BCUT2D eigenvalue weighted by molar-refractivity contribution is 5.46. The Balaban J connectivity index is 1.89. The lowest BCUT2D eigenvalue weighted by atomic mass is 10.00. The zero-order valence-electron chi connectivity index (χ0n) is 11.0. The van der Waals surface area contributed by atoms with Crippen LogP contribution in [0, 0.1) is 17.2 Å². The van der Waals surface area contributed by atoms with Gasteiger partial charge in [0.15, 0.2) is 0 Å². The van der Waals surface area contributed by atoms with E-state index in [4.69, 9.17) is 10.00 Å². The van der Waals surface area contributed by atoms with E-state index in [1.807, 2.05) is 30.3 Å². The predicted molar refractivity (Wildman–Crippen MR) is 73.7 cm³/mol. The van der Waals surface area contributed by atoms with Crippen LogP contribution in [0.4, 0.5) is 5.69 Å². The van der Waals surface area contributed by atoms with E-state index in [1.165, 1.54) is 0 Å². The van der Waals surface area contributed by atoms with Crippen LogP contribution in [0.25, 0.3) is 0 Å². The Labute approximate surface area is 114 Å². The van der Waals surface area contributed by atoms with Crippen LogP contribution in [-0.4, -0.2) is 24.9 Å². The third-order valence-electron chi connectivity index (χ3n) is 3.49. The molecule has 0 bridgehead atoms. The SMILES string of the molecule is N#CC[C@@H](O)c1cccc(NCC2CCOCC2)c1. The number of aliphatic hydroxyl groups is 1. The average Bonchev–Trinajstić information content (AvgIpc) is 2.47. The second kappa shape index (κ2) is 7.13. The number of aliphatic hydroxyl groups excluding tert-OH is 1. The summed E-state index contributed by atoms with van der Waals surface area (Å²) in [6.07, 6.45) is 1.63. The number of ether oxygens (including phenoxy) is 1. The molecule has 0 unspecified atom stereocenters. The van der Waals surface area contributed by atoms with Crippen molar-refractivity contribution in [3.8, 4) is 6.07 Å². The highest BCUT2D eigenvalue weighted by atomic mass is 16.5. The Morgan fingerprint density at radius 1 is 1.42 bits per heavy atom.